The van der Waals surface area contributed by atoms with E-state index in [2.05, 4.69) is 16.9 Å². The van der Waals surface area contributed by atoms with Gasteiger partial charge in [0.2, 0.25) is 0 Å². The molecule has 0 saturated heterocycles. The standard InChI is InChI=1S/C10H13N3S/c1-2-5-14-10-12-8-4-3-7(11)6-9(8)13-10/h3-4,6H,2,5,11H2,1H3,(H,12,13). The first-order valence-electron chi connectivity index (χ1n) is 4.67. The largest absolute Gasteiger partial charge is 0.399 e. The topological polar surface area (TPSA) is 54.7 Å². The molecule has 0 spiro atoms. The van der Waals surface area contributed by atoms with Gasteiger partial charge in [0.25, 0.3) is 0 Å². The quantitative estimate of drug-likeness (QED) is 0.601. The number of aromatic nitrogens is 2. The number of benzene rings is 1. The third kappa shape index (κ3) is 1.85. The molecular weight excluding hydrogens is 194 g/mol. The number of anilines is 1. The molecule has 0 saturated carbocycles. The van der Waals surface area contributed by atoms with E-state index < -0.39 is 0 Å². The predicted octanol–water partition coefficient (Wildman–Crippen LogP) is 2.65. The van der Waals surface area contributed by atoms with Crippen LogP contribution in [-0.2, 0) is 0 Å². The van der Waals surface area contributed by atoms with E-state index in [4.69, 9.17) is 5.73 Å². The van der Waals surface area contributed by atoms with Crippen LogP contribution >= 0.6 is 11.8 Å². The van der Waals surface area contributed by atoms with Crippen molar-refractivity contribution in [2.75, 3.05) is 11.5 Å². The summed E-state index contributed by atoms with van der Waals surface area (Å²) in [5.41, 5.74) is 8.43. The highest BCUT2D eigenvalue weighted by Crippen LogP contribution is 2.21. The molecule has 74 valence electrons. The van der Waals surface area contributed by atoms with E-state index in [9.17, 15) is 0 Å². The molecule has 0 aliphatic heterocycles. The Kier molecular flexibility index (Phi) is 2.63. The van der Waals surface area contributed by atoms with Crippen molar-refractivity contribution in [3.05, 3.63) is 18.2 Å². The lowest BCUT2D eigenvalue weighted by Crippen LogP contribution is -1.82. The second-order valence-electron chi connectivity index (χ2n) is 3.17. The minimum atomic E-state index is 0.760. The molecule has 1 aromatic carbocycles. The van der Waals surface area contributed by atoms with Gasteiger partial charge in [-0.1, -0.05) is 18.7 Å². The molecule has 0 aliphatic carbocycles. The molecule has 0 amide bonds. The van der Waals surface area contributed by atoms with Crippen LogP contribution in [0.5, 0.6) is 0 Å². The van der Waals surface area contributed by atoms with Crippen molar-refractivity contribution in [2.24, 2.45) is 0 Å². The summed E-state index contributed by atoms with van der Waals surface area (Å²) in [4.78, 5) is 7.69. The van der Waals surface area contributed by atoms with Crippen LogP contribution in [0.4, 0.5) is 5.69 Å². The number of hydrogen-bond donors (Lipinski definition) is 2. The highest BCUT2D eigenvalue weighted by Gasteiger charge is 2.02. The van der Waals surface area contributed by atoms with Crippen molar-refractivity contribution in [1.82, 2.24) is 9.97 Å². The summed E-state index contributed by atoms with van der Waals surface area (Å²) in [5, 5.41) is 0.979. The van der Waals surface area contributed by atoms with Gasteiger partial charge in [0.05, 0.1) is 11.0 Å². The number of aromatic amines is 1. The molecular formula is C10H13N3S. The number of H-pyrrole nitrogens is 1. The molecule has 14 heavy (non-hydrogen) atoms. The molecule has 0 atom stereocenters. The number of nitrogen functional groups attached to an aromatic ring is 1. The van der Waals surface area contributed by atoms with Gasteiger partial charge >= 0.3 is 0 Å². The number of nitrogens with zero attached hydrogens (tertiary/aromatic N) is 1. The minimum absolute atomic E-state index is 0.760. The molecule has 0 aliphatic rings. The van der Waals surface area contributed by atoms with Crippen LogP contribution in [0.3, 0.4) is 0 Å². The van der Waals surface area contributed by atoms with Crippen molar-refractivity contribution >= 4 is 28.5 Å². The van der Waals surface area contributed by atoms with Crippen molar-refractivity contribution in [3.63, 3.8) is 0 Å². The molecule has 1 heterocycles. The Hall–Kier alpha value is -1.16. The average Bonchev–Trinajstić information content (AvgIpc) is 2.56. The Morgan fingerprint density at radius 3 is 3.14 bits per heavy atom. The van der Waals surface area contributed by atoms with Gasteiger partial charge in [-0.25, -0.2) is 4.98 Å². The Morgan fingerprint density at radius 1 is 1.50 bits per heavy atom. The molecule has 0 unspecified atom stereocenters. The zero-order valence-corrected chi connectivity index (χ0v) is 8.90. The van der Waals surface area contributed by atoms with Crippen molar-refractivity contribution < 1.29 is 0 Å². The maximum Gasteiger partial charge on any atom is 0.166 e. The molecule has 0 bridgehead atoms. The molecule has 4 heteroatoms. The van der Waals surface area contributed by atoms with Gasteiger partial charge in [-0.2, -0.15) is 0 Å². The van der Waals surface area contributed by atoms with Gasteiger partial charge < -0.3 is 10.7 Å². The molecule has 0 fully saturated rings. The summed E-state index contributed by atoms with van der Waals surface area (Å²) in [6, 6.07) is 5.74. The van der Waals surface area contributed by atoms with E-state index in [0.717, 1.165) is 34.1 Å². The SMILES string of the molecule is CCCSc1nc2cc(N)ccc2[nH]1. The molecule has 0 radical (unpaired) electrons. The van der Waals surface area contributed by atoms with Crippen LogP contribution in [0, 0.1) is 0 Å². The zero-order valence-electron chi connectivity index (χ0n) is 8.08. The summed E-state index contributed by atoms with van der Waals surface area (Å²) < 4.78 is 0. The van der Waals surface area contributed by atoms with Crippen LogP contribution < -0.4 is 5.73 Å². The fraction of sp³-hybridized carbons (Fsp3) is 0.300. The molecule has 3 nitrogen and oxygen atoms in total. The summed E-state index contributed by atoms with van der Waals surface area (Å²) in [6.07, 6.45) is 1.16. The second kappa shape index (κ2) is 3.92. The maximum absolute atomic E-state index is 5.67. The monoisotopic (exact) mass is 207 g/mol. The number of hydrogen-bond acceptors (Lipinski definition) is 3. The summed E-state index contributed by atoms with van der Waals surface area (Å²) >= 11 is 1.74. The van der Waals surface area contributed by atoms with Crippen LogP contribution in [0.1, 0.15) is 13.3 Å². The van der Waals surface area contributed by atoms with Gasteiger partial charge in [0, 0.05) is 11.4 Å². The summed E-state index contributed by atoms with van der Waals surface area (Å²) in [5.74, 6) is 1.09. The third-order valence-electron chi connectivity index (χ3n) is 1.93. The van der Waals surface area contributed by atoms with Crippen molar-refractivity contribution in [1.29, 1.82) is 0 Å². The van der Waals surface area contributed by atoms with E-state index in [1.54, 1.807) is 11.8 Å². The number of thioether (sulfide) groups is 1. The Labute approximate surface area is 87.1 Å². The Bertz CT molecular complexity index is 436. The maximum atomic E-state index is 5.67. The predicted molar refractivity (Wildman–Crippen MR) is 61.5 cm³/mol. The van der Waals surface area contributed by atoms with Gasteiger partial charge in [0.15, 0.2) is 5.16 Å². The van der Waals surface area contributed by atoms with Crippen molar-refractivity contribution in [2.45, 2.75) is 18.5 Å². The highest BCUT2D eigenvalue weighted by molar-refractivity contribution is 7.99. The molecule has 2 aromatic rings. The normalized spacial score (nSPS) is 10.9. The fourth-order valence-corrected chi connectivity index (χ4v) is 2.01. The van der Waals surface area contributed by atoms with Gasteiger partial charge in [-0.05, 0) is 24.6 Å². The zero-order chi connectivity index (χ0) is 9.97. The minimum Gasteiger partial charge on any atom is -0.399 e. The van der Waals surface area contributed by atoms with Crippen LogP contribution in [0.25, 0.3) is 11.0 Å². The lowest BCUT2D eigenvalue weighted by Gasteiger charge is -1.90. The Morgan fingerprint density at radius 2 is 2.36 bits per heavy atom. The van der Waals surface area contributed by atoms with Crippen LogP contribution in [-0.4, -0.2) is 15.7 Å². The molecule has 3 N–H and O–H groups in total. The van der Waals surface area contributed by atoms with Crippen LogP contribution in [0.15, 0.2) is 23.4 Å². The molecule has 2 rings (SSSR count). The van der Waals surface area contributed by atoms with Crippen molar-refractivity contribution in [3.8, 4) is 0 Å². The van der Waals surface area contributed by atoms with E-state index in [1.807, 2.05) is 18.2 Å². The first kappa shape index (κ1) is 9.40. The number of nitrogens with two attached hydrogens (primary N) is 1. The van der Waals surface area contributed by atoms with Gasteiger partial charge in [-0.3, -0.25) is 0 Å². The second-order valence-corrected chi connectivity index (χ2v) is 4.25. The lowest BCUT2D eigenvalue weighted by atomic mass is 10.3. The van der Waals surface area contributed by atoms with E-state index in [-0.39, 0.29) is 0 Å². The smallest absolute Gasteiger partial charge is 0.166 e. The number of fused-ring (bicyclic) bond motifs is 1. The summed E-state index contributed by atoms with van der Waals surface area (Å²) in [7, 11) is 0. The molecule has 1 aromatic heterocycles. The first-order chi connectivity index (χ1) is 6.79. The van der Waals surface area contributed by atoms with Crippen LogP contribution in [0.2, 0.25) is 0 Å². The lowest BCUT2D eigenvalue weighted by molar-refractivity contribution is 1.05. The van der Waals surface area contributed by atoms with Gasteiger partial charge in [0.1, 0.15) is 0 Å². The van der Waals surface area contributed by atoms with Gasteiger partial charge in [-0.15, -0.1) is 0 Å². The summed E-state index contributed by atoms with van der Waals surface area (Å²) in [6.45, 7) is 2.16. The van der Waals surface area contributed by atoms with E-state index in [0.29, 0.717) is 0 Å². The first-order valence-corrected chi connectivity index (χ1v) is 5.66. The fourth-order valence-electron chi connectivity index (χ4n) is 1.27. The van der Waals surface area contributed by atoms with E-state index >= 15 is 0 Å². The average molecular weight is 207 g/mol. The van der Waals surface area contributed by atoms with E-state index in [1.165, 1.54) is 0 Å². The third-order valence-corrected chi connectivity index (χ3v) is 3.01. The Balaban J connectivity index is 2.32. The number of nitrogens with one attached hydrogen (secondary N) is 1. The number of imidazole rings is 1. The number of rotatable bonds is 3. The highest BCUT2D eigenvalue weighted by atomic mass is 32.2.